The van der Waals surface area contributed by atoms with Gasteiger partial charge in [-0.05, 0) is 50.5 Å². The predicted octanol–water partition coefficient (Wildman–Crippen LogP) is 3.11. The molecule has 3 heterocycles. The van der Waals surface area contributed by atoms with Crippen molar-refractivity contribution < 1.29 is 14.0 Å². The van der Waals surface area contributed by atoms with E-state index in [2.05, 4.69) is 10.3 Å². The van der Waals surface area contributed by atoms with E-state index in [9.17, 15) is 18.8 Å². The number of para-hydroxylation sites is 1. The topological polar surface area (TPSA) is 84.3 Å². The van der Waals surface area contributed by atoms with Crippen molar-refractivity contribution in [2.75, 3.05) is 18.4 Å². The van der Waals surface area contributed by atoms with Crippen molar-refractivity contribution in [3.63, 3.8) is 0 Å². The van der Waals surface area contributed by atoms with Crippen molar-refractivity contribution in [2.45, 2.75) is 32.7 Å². The monoisotopic (exact) mass is 422 g/mol. The van der Waals surface area contributed by atoms with E-state index >= 15 is 0 Å². The zero-order valence-electron chi connectivity index (χ0n) is 17.2. The molecule has 160 valence electrons. The lowest BCUT2D eigenvalue weighted by Crippen LogP contribution is -2.38. The first kappa shape index (κ1) is 20.7. The van der Waals surface area contributed by atoms with Crippen LogP contribution in [0.4, 0.5) is 10.1 Å². The fraction of sp³-hybridized carbons (Fsp3) is 0.304. The van der Waals surface area contributed by atoms with Crippen molar-refractivity contribution in [3.05, 3.63) is 69.9 Å². The van der Waals surface area contributed by atoms with E-state index in [0.29, 0.717) is 24.4 Å². The van der Waals surface area contributed by atoms with E-state index in [4.69, 9.17) is 0 Å². The quantitative estimate of drug-likeness (QED) is 0.700. The third-order valence-corrected chi connectivity index (χ3v) is 5.40. The first-order valence-corrected chi connectivity index (χ1v) is 10.3. The second-order valence-electron chi connectivity index (χ2n) is 7.70. The number of nitrogens with one attached hydrogen (secondary N) is 1. The van der Waals surface area contributed by atoms with Crippen LogP contribution in [-0.2, 0) is 11.3 Å². The SMILES string of the molecule is Cc1ccc2c(=O)c(C(=O)N3CCCCC3)cn(CC(=O)Nc3ccccc3F)c2n1. The van der Waals surface area contributed by atoms with Gasteiger partial charge in [-0.15, -0.1) is 0 Å². The lowest BCUT2D eigenvalue weighted by molar-refractivity contribution is -0.116. The molecular weight excluding hydrogens is 399 g/mol. The van der Waals surface area contributed by atoms with E-state index in [-0.39, 0.29) is 29.1 Å². The van der Waals surface area contributed by atoms with Crippen LogP contribution in [-0.4, -0.2) is 39.4 Å². The average Bonchev–Trinajstić information content (AvgIpc) is 2.77. The highest BCUT2D eigenvalue weighted by Crippen LogP contribution is 2.16. The van der Waals surface area contributed by atoms with Gasteiger partial charge in [0.25, 0.3) is 5.91 Å². The van der Waals surface area contributed by atoms with E-state index in [1.165, 1.54) is 29.0 Å². The van der Waals surface area contributed by atoms with Crippen LogP contribution in [0.15, 0.2) is 47.4 Å². The van der Waals surface area contributed by atoms with Gasteiger partial charge >= 0.3 is 0 Å². The second kappa shape index (κ2) is 8.67. The van der Waals surface area contributed by atoms with E-state index < -0.39 is 17.2 Å². The highest BCUT2D eigenvalue weighted by atomic mass is 19.1. The van der Waals surface area contributed by atoms with Crippen LogP contribution in [0, 0.1) is 12.7 Å². The van der Waals surface area contributed by atoms with Crippen LogP contribution in [0.2, 0.25) is 0 Å². The summed E-state index contributed by atoms with van der Waals surface area (Å²) in [6.45, 7) is 2.77. The van der Waals surface area contributed by atoms with Crippen molar-refractivity contribution in [1.82, 2.24) is 14.5 Å². The van der Waals surface area contributed by atoms with Crippen molar-refractivity contribution in [2.24, 2.45) is 0 Å². The molecule has 1 saturated heterocycles. The number of likely N-dealkylation sites (tertiary alicyclic amines) is 1. The van der Waals surface area contributed by atoms with Gasteiger partial charge in [0.1, 0.15) is 23.6 Å². The molecule has 0 unspecified atom stereocenters. The number of rotatable bonds is 4. The molecule has 2 aromatic heterocycles. The Bertz CT molecular complexity index is 1220. The van der Waals surface area contributed by atoms with Gasteiger partial charge in [0.2, 0.25) is 11.3 Å². The Morgan fingerprint density at radius 3 is 2.58 bits per heavy atom. The van der Waals surface area contributed by atoms with Gasteiger partial charge in [0.05, 0.1) is 11.1 Å². The number of anilines is 1. The molecule has 3 aromatic rings. The lowest BCUT2D eigenvalue weighted by atomic mass is 10.1. The Labute approximate surface area is 178 Å². The van der Waals surface area contributed by atoms with Crippen LogP contribution in [0.25, 0.3) is 11.0 Å². The number of nitrogens with zero attached hydrogens (tertiary/aromatic N) is 3. The van der Waals surface area contributed by atoms with Crippen LogP contribution in [0.1, 0.15) is 35.3 Å². The Hall–Kier alpha value is -3.55. The molecule has 0 saturated carbocycles. The number of hydrogen-bond donors (Lipinski definition) is 1. The minimum atomic E-state index is -0.546. The molecule has 1 fully saturated rings. The zero-order chi connectivity index (χ0) is 22.0. The van der Waals surface area contributed by atoms with Crippen LogP contribution >= 0.6 is 0 Å². The number of carbonyl (C=O) groups excluding carboxylic acids is 2. The molecule has 31 heavy (non-hydrogen) atoms. The minimum Gasteiger partial charge on any atom is -0.338 e. The minimum absolute atomic E-state index is 0.0127. The fourth-order valence-electron chi connectivity index (χ4n) is 3.81. The fourth-order valence-corrected chi connectivity index (χ4v) is 3.81. The maximum atomic E-state index is 13.9. The van der Waals surface area contributed by atoms with Crippen molar-refractivity contribution in [3.8, 4) is 0 Å². The average molecular weight is 422 g/mol. The molecule has 1 aromatic carbocycles. The summed E-state index contributed by atoms with van der Waals surface area (Å²) in [6, 6.07) is 9.19. The number of fused-ring (bicyclic) bond motifs is 1. The van der Waals surface area contributed by atoms with Gasteiger partial charge in [0.15, 0.2) is 0 Å². The molecule has 0 bridgehead atoms. The maximum absolute atomic E-state index is 13.9. The third kappa shape index (κ3) is 4.33. The number of halogens is 1. The first-order chi connectivity index (χ1) is 14.9. The molecule has 2 amide bonds. The van der Waals surface area contributed by atoms with Crippen LogP contribution in [0.3, 0.4) is 0 Å². The summed E-state index contributed by atoms with van der Waals surface area (Å²) in [5.74, 6) is -1.37. The summed E-state index contributed by atoms with van der Waals surface area (Å²) >= 11 is 0. The molecule has 0 radical (unpaired) electrons. The van der Waals surface area contributed by atoms with Gasteiger partial charge in [-0.2, -0.15) is 0 Å². The molecule has 0 atom stereocenters. The maximum Gasteiger partial charge on any atom is 0.259 e. The van der Waals surface area contributed by atoms with Gasteiger partial charge in [-0.3, -0.25) is 14.4 Å². The molecule has 0 spiro atoms. The highest BCUT2D eigenvalue weighted by molar-refractivity contribution is 5.97. The van der Waals surface area contributed by atoms with E-state index in [1.54, 1.807) is 30.0 Å². The van der Waals surface area contributed by atoms with Gasteiger partial charge in [0, 0.05) is 25.0 Å². The number of aryl methyl sites for hydroxylation is 1. The van der Waals surface area contributed by atoms with Gasteiger partial charge in [-0.25, -0.2) is 9.37 Å². The molecule has 8 heteroatoms. The lowest BCUT2D eigenvalue weighted by Gasteiger charge is -2.26. The Kier molecular flexibility index (Phi) is 5.79. The first-order valence-electron chi connectivity index (χ1n) is 10.3. The molecule has 7 nitrogen and oxygen atoms in total. The predicted molar refractivity (Wildman–Crippen MR) is 116 cm³/mol. The number of amides is 2. The summed E-state index contributed by atoms with van der Waals surface area (Å²) < 4.78 is 15.4. The Morgan fingerprint density at radius 1 is 1.10 bits per heavy atom. The summed E-state index contributed by atoms with van der Waals surface area (Å²) in [5.41, 5.74) is 0.656. The van der Waals surface area contributed by atoms with Crippen LogP contribution in [0.5, 0.6) is 0 Å². The highest BCUT2D eigenvalue weighted by Gasteiger charge is 2.23. The molecular formula is C23H23FN4O3. The number of piperidine rings is 1. The second-order valence-corrected chi connectivity index (χ2v) is 7.70. The molecule has 1 aliphatic rings. The molecule has 1 N–H and O–H groups in total. The number of hydrogen-bond acceptors (Lipinski definition) is 4. The summed E-state index contributed by atoms with van der Waals surface area (Å²) in [6.07, 6.45) is 4.26. The van der Waals surface area contributed by atoms with Crippen molar-refractivity contribution in [1.29, 1.82) is 0 Å². The Morgan fingerprint density at radius 2 is 1.84 bits per heavy atom. The van der Waals surface area contributed by atoms with Gasteiger partial charge < -0.3 is 14.8 Å². The smallest absolute Gasteiger partial charge is 0.259 e. The molecule has 1 aliphatic heterocycles. The van der Waals surface area contributed by atoms with E-state index in [0.717, 1.165) is 19.3 Å². The van der Waals surface area contributed by atoms with Crippen molar-refractivity contribution >= 4 is 28.5 Å². The van der Waals surface area contributed by atoms with Crippen LogP contribution < -0.4 is 10.7 Å². The summed E-state index contributed by atoms with van der Waals surface area (Å²) in [4.78, 5) is 44.8. The van der Waals surface area contributed by atoms with Gasteiger partial charge in [-0.1, -0.05) is 12.1 Å². The third-order valence-electron chi connectivity index (χ3n) is 5.40. The number of carbonyl (C=O) groups is 2. The normalized spacial score (nSPS) is 13.9. The summed E-state index contributed by atoms with van der Waals surface area (Å²) in [5, 5.41) is 2.80. The molecule has 0 aliphatic carbocycles. The number of aromatic nitrogens is 2. The largest absolute Gasteiger partial charge is 0.338 e. The standard InChI is InChI=1S/C23H23FN4O3/c1-15-9-10-16-21(30)17(23(31)27-11-5-2-6-12-27)13-28(22(16)25-15)14-20(29)26-19-8-4-3-7-18(19)24/h3-4,7-10,13H,2,5-6,11-12,14H2,1H3,(H,26,29). The van der Waals surface area contributed by atoms with E-state index in [1.807, 2.05) is 0 Å². The summed E-state index contributed by atoms with van der Waals surface area (Å²) in [7, 11) is 0. The Balaban J connectivity index is 1.72. The number of pyridine rings is 2. The molecule has 4 rings (SSSR count). The zero-order valence-corrected chi connectivity index (χ0v) is 17.2. The number of benzene rings is 1.